The van der Waals surface area contributed by atoms with Crippen molar-refractivity contribution in [2.45, 2.75) is 66.1 Å². The molecule has 2 fully saturated rings. The molecule has 60 heavy (non-hydrogen) atoms. The fourth-order valence-corrected chi connectivity index (χ4v) is 7.82. The van der Waals surface area contributed by atoms with Crippen molar-refractivity contribution < 1.29 is 38.0 Å². The van der Waals surface area contributed by atoms with Gasteiger partial charge in [0.2, 0.25) is 5.91 Å². The Morgan fingerprint density at radius 3 is 2.03 bits per heavy atom. The Kier molecular flexibility index (Phi) is 19.5. The zero-order valence-corrected chi connectivity index (χ0v) is 36.5. The summed E-state index contributed by atoms with van der Waals surface area (Å²) in [6, 6.07) is 15.0. The third kappa shape index (κ3) is 14.2. The lowest BCUT2D eigenvalue weighted by atomic mass is 9.94. The van der Waals surface area contributed by atoms with Crippen LogP contribution in [0, 0.1) is 20.8 Å². The first kappa shape index (κ1) is 46.9. The quantitative estimate of drug-likeness (QED) is 0.122. The zero-order valence-electron chi connectivity index (χ0n) is 36.5. The molecule has 3 aromatic rings. The van der Waals surface area contributed by atoms with Crippen molar-refractivity contribution in [3.8, 4) is 11.1 Å². The molecule has 0 radical (unpaired) electrons. The molecule has 14 nitrogen and oxygen atoms in total. The van der Waals surface area contributed by atoms with Crippen LogP contribution in [0.4, 0.5) is 5.69 Å². The average Bonchev–Trinajstić information content (AvgIpc) is 3.25. The van der Waals surface area contributed by atoms with E-state index in [0.29, 0.717) is 96.1 Å². The summed E-state index contributed by atoms with van der Waals surface area (Å²) in [5, 5.41) is 3.05. The first-order chi connectivity index (χ1) is 29.2. The number of aromatic amines is 1. The van der Waals surface area contributed by atoms with E-state index in [1.165, 1.54) is 5.56 Å². The van der Waals surface area contributed by atoms with Crippen LogP contribution in [-0.2, 0) is 46.3 Å². The Bertz CT molecular complexity index is 1840. The van der Waals surface area contributed by atoms with Gasteiger partial charge in [0.1, 0.15) is 0 Å². The van der Waals surface area contributed by atoms with Crippen molar-refractivity contribution in [1.82, 2.24) is 20.1 Å². The Balaban J connectivity index is 1.11. The van der Waals surface area contributed by atoms with E-state index in [4.69, 9.17) is 28.4 Å². The maximum absolute atomic E-state index is 13.9. The Morgan fingerprint density at radius 1 is 0.817 bits per heavy atom. The van der Waals surface area contributed by atoms with Crippen LogP contribution in [0.25, 0.3) is 11.1 Å². The lowest BCUT2D eigenvalue weighted by Crippen LogP contribution is -2.48. The van der Waals surface area contributed by atoms with E-state index in [-0.39, 0.29) is 23.9 Å². The molecule has 0 aliphatic carbocycles. The summed E-state index contributed by atoms with van der Waals surface area (Å²) >= 11 is 0. The minimum atomic E-state index is -0.209. The van der Waals surface area contributed by atoms with Gasteiger partial charge >= 0.3 is 0 Å². The van der Waals surface area contributed by atoms with Crippen molar-refractivity contribution in [2.75, 3.05) is 117 Å². The van der Waals surface area contributed by atoms with Gasteiger partial charge in [0, 0.05) is 94.7 Å². The molecule has 3 heterocycles. The highest BCUT2D eigenvalue weighted by molar-refractivity contribution is 5.99. The van der Waals surface area contributed by atoms with E-state index < -0.39 is 0 Å². The van der Waals surface area contributed by atoms with Gasteiger partial charge in [0.25, 0.3) is 11.5 Å². The number of H-pyrrole nitrogens is 1. The molecule has 0 unspecified atom stereocenters. The maximum Gasteiger partial charge on any atom is 0.253 e. The summed E-state index contributed by atoms with van der Waals surface area (Å²) in [6.45, 7) is 18.5. The number of carbonyl (C=O) groups is 2. The predicted molar refractivity (Wildman–Crippen MR) is 233 cm³/mol. The van der Waals surface area contributed by atoms with Gasteiger partial charge in [-0.25, -0.2) is 0 Å². The molecule has 0 bridgehead atoms. The molecule has 2 aromatic carbocycles. The molecule has 330 valence electrons. The number of ether oxygens (including phenoxy) is 6. The molecule has 14 heteroatoms. The number of rotatable bonds is 24. The van der Waals surface area contributed by atoms with Crippen LogP contribution >= 0.6 is 0 Å². The van der Waals surface area contributed by atoms with Crippen LogP contribution in [0.1, 0.15) is 64.5 Å². The number of amides is 2. The molecule has 2 aliphatic rings. The first-order valence-corrected chi connectivity index (χ1v) is 21.5. The van der Waals surface area contributed by atoms with Gasteiger partial charge in [-0.05, 0) is 86.6 Å². The predicted octanol–water partition coefficient (Wildman–Crippen LogP) is 4.65. The summed E-state index contributed by atoms with van der Waals surface area (Å²) in [6.07, 6.45) is 2.22. The zero-order chi connectivity index (χ0) is 42.7. The van der Waals surface area contributed by atoms with Crippen molar-refractivity contribution >= 4 is 17.5 Å². The third-order valence-electron chi connectivity index (χ3n) is 11.3. The monoisotopic (exact) mass is 833 g/mol. The van der Waals surface area contributed by atoms with E-state index in [2.05, 4.69) is 57.4 Å². The number of anilines is 1. The number of hydrogen-bond donors (Lipinski definition) is 2. The van der Waals surface area contributed by atoms with Gasteiger partial charge in [-0.2, -0.15) is 0 Å². The van der Waals surface area contributed by atoms with Crippen LogP contribution < -0.4 is 15.8 Å². The number of methoxy groups -OCH3 is 1. The van der Waals surface area contributed by atoms with Gasteiger partial charge in [-0.1, -0.05) is 24.3 Å². The van der Waals surface area contributed by atoms with Crippen molar-refractivity contribution in [2.24, 2.45) is 0 Å². The minimum Gasteiger partial charge on any atom is -0.382 e. The molecule has 0 atom stereocenters. The second-order valence-electron chi connectivity index (χ2n) is 15.5. The number of benzene rings is 2. The molecule has 2 saturated heterocycles. The number of hydrogen-bond acceptors (Lipinski definition) is 11. The lowest BCUT2D eigenvalue weighted by molar-refractivity contribution is -0.134. The van der Waals surface area contributed by atoms with Crippen molar-refractivity contribution in [1.29, 1.82) is 0 Å². The summed E-state index contributed by atoms with van der Waals surface area (Å²) < 4.78 is 32.6. The molecule has 2 N–H and O–H groups in total. The van der Waals surface area contributed by atoms with Crippen LogP contribution in [0.15, 0.2) is 47.3 Å². The number of aromatic nitrogens is 1. The highest BCUT2D eigenvalue weighted by Crippen LogP contribution is 2.34. The maximum atomic E-state index is 13.9. The molecule has 0 spiro atoms. The van der Waals surface area contributed by atoms with Gasteiger partial charge in [0.05, 0.1) is 65.9 Å². The largest absolute Gasteiger partial charge is 0.382 e. The van der Waals surface area contributed by atoms with Crippen LogP contribution in [0.3, 0.4) is 0 Å². The molecule has 5 rings (SSSR count). The number of nitrogens with zero attached hydrogens (tertiary/aromatic N) is 3. The summed E-state index contributed by atoms with van der Waals surface area (Å²) in [4.78, 5) is 49.1. The van der Waals surface area contributed by atoms with E-state index in [9.17, 15) is 14.4 Å². The standard InChI is InChI=1S/C46H67N5O9/c1-6-51(40-11-18-56-19-12-40)43-31-39(30-41(36(43)4)45(53)47-32-42-34(2)29-35(3)48-46(42)54)38-9-7-37(8-10-38)33-49-14-16-50(17-15-49)44(52)13-20-57-23-24-59-27-28-60-26-25-58-22-21-55-5/h7-10,29-31,40H,6,11-28,32-33H2,1-5H3,(H,47,53)(H,48,54). The SMILES string of the molecule is CCN(c1cc(-c2ccc(CN3CCN(C(=O)CCOCCOCCOCCOCCOC)CC3)cc2)cc(C(=O)NCc2c(C)cc(C)[nH]c2=O)c1C)C1CCOCC1. The fourth-order valence-electron chi connectivity index (χ4n) is 7.82. The molecule has 2 aliphatic heterocycles. The van der Waals surface area contributed by atoms with Gasteiger partial charge < -0.3 is 48.5 Å². The van der Waals surface area contributed by atoms with E-state index in [0.717, 1.165) is 85.9 Å². The first-order valence-electron chi connectivity index (χ1n) is 21.5. The van der Waals surface area contributed by atoms with Gasteiger partial charge in [0.15, 0.2) is 0 Å². The van der Waals surface area contributed by atoms with E-state index >= 15 is 0 Å². The van der Waals surface area contributed by atoms with Crippen molar-refractivity contribution in [3.63, 3.8) is 0 Å². The van der Waals surface area contributed by atoms with Crippen LogP contribution in [-0.4, -0.2) is 145 Å². The summed E-state index contributed by atoms with van der Waals surface area (Å²) in [5.74, 6) is -0.0944. The highest BCUT2D eigenvalue weighted by atomic mass is 16.6. The van der Waals surface area contributed by atoms with Gasteiger partial charge in [-0.3, -0.25) is 19.3 Å². The van der Waals surface area contributed by atoms with Gasteiger partial charge in [-0.15, -0.1) is 0 Å². The summed E-state index contributed by atoms with van der Waals surface area (Å²) in [5.41, 5.74) is 7.76. The number of carbonyl (C=O) groups excluding carboxylic acids is 2. The smallest absolute Gasteiger partial charge is 0.253 e. The Morgan fingerprint density at radius 2 is 1.43 bits per heavy atom. The average molecular weight is 834 g/mol. The second kappa shape index (κ2) is 24.9. The highest BCUT2D eigenvalue weighted by Gasteiger charge is 2.26. The van der Waals surface area contributed by atoms with Crippen LogP contribution in [0.5, 0.6) is 0 Å². The number of piperazine rings is 1. The Labute approximate surface area is 355 Å². The normalized spacial score (nSPS) is 15.1. The molecular formula is C46H67N5O9. The fraction of sp³-hybridized carbons (Fsp3) is 0.587. The number of aryl methyl sites for hydroxylation is 2. The third-order valence-corrected chi connectivity index (χ3v) is 11.3. The number of pyridine rings is 1. The Hall–Kier alpha value is -4.15. The van der Waals surface area contributed by atoms with Crippen LogP contribution in [0.2, 0.25) is 0 Å². The van der Waals surface area contributed by atoms with Crippen molar-refractivity contribution in [3.05, 3.63) is 86.3 Å². The van der Waals surface area contributed by atoms with E-state index in [1.807, 2.05) is 37.8 Å². The molecule has 2 amide bonds. The summed E-state index contributed by atoms with van der Waals surface area (Å²) in [7, 11) is 1.64. The molecule has 1 aromatic heterocycles. The number of nitrogens with one attached hydrogen (secondary N) is 2. The minimum absolute atomic E-state index is 0.115. The van der Waals surface area contributed by atoms with E-state index in [1.54, 1.807) is 7.11 Å². The molecular weight excluding hydrogens is 767 g/mol. The lowest BCUT2D eigenvalue weighted by Gasteiger charge is -2.37. The second-order valence-corrected chi connectivity index (χ2v) is 15.5. The topological polar surface area (TPSA) is 144 Å². The molecule has 0 saturated carbocycles.